The predicted molar refractivity (Wildman–Crippen MR) is 104 cm³/mol. The Kier molecular flexibility index (Phi) is 7.83. The summed E-state index contributed by atoms with van der Waals surface area (Å²) in [6, 6.07) is 4.31. The molecule has 1 aliphatic heterocycles. The van der Waals surface area contributed by atoms with E-state index in [1.54, 1.807) is 6.07 Å². The summed E-state index contributed by atoms with van der Waals surface area (Å²) in [5.74, 6) is -0.450. The molecule has 0 N–H and O–H groups in total. The van der Waals surface area contributed by atoms with Gasteiger partial charge in [-0.05, 0) is 62.1 Å². The molecule has 1 aromatic carbocycles. The molecule has 1 heterocycles. The molecular weight excluding hydrogens is 346 g/mol. The number of rotatable bonds is 7. The highest BCUT2D eigenvalue weighted by Gasteiger charge is 2.32. The summed E-state index contributed by atoms with van der Waals surface area (Å²) < 4.78 is 38.6. The summed E-state index contributed by atoms with van der Waals surface area (Å²) in [5, 5.41) is 0. The van der Waals surface area contributed by atoms with E-state index in [0.29, 0.717) is 17.8 Å². The van der Waals surface area contributed by atoms with Crippen molar-refractivity contribution in [1.29, 1.82) is 0 Å². The standard InChI is InChI=1S/C23H32F2O2/c1-2-3-4-5-6-7-17-15-26-23(27-16-17)19-10-8-18(9-11-19)20-12-13-21(24)22(25)14-20/h6-7,12-14,17-19,23H,2-5,8-11,15-16H2,1H3/t17-,18-,19-,23-. The van der Waals surface area contributed by atoms with Gasteiger partial charge in [0.25, 0.3) is 0 Å². The van der Waals surface area contributed by atoms with Crippen LogP contribution in [0, 0.1) is 23.5 Å². The van der Waals surface area contributed by atoms with E-state index in [1.165, 1.54) is 31.4 Å². The van der Waals surface area contributed by atoms with Crippen LogP contribution in [0.2, 0.25) is 0 Å². The van der Waals surface area contributed by atoms with Crippen LogP contribution in [-0.2, 0) is 9.47 Å². The van der Waals surface area contributed by atoms with Gasteiger partial charge in [-0.3, -0.25) is 0 Å². The Hall–Kier alpha value is -1.26. The van der Waals surface area contributed by atoms with Crippen LogP contribution in [0.5, 0.6) is 0 Å². The number of halogens is 2. The first kappa shape index (κ1) is 20.5. The van der Waals surface area contributed by atoms with Crippen molar-refractivity contribution in [3.8, 4) is 0 Å². The lowest BCUT2D eigenvalue weighted by atomic mass is 9.78. The number of hydrogen-bond acceptors (Lipinski definition) is 2. The summed E-state index contributed by atoms with van der Waals surface area (Å²) in [4.78, 5) is 0. The van der Waals surface area contributed by atoms with Crippen molar-refractivity contribution in [2.45, 2.75) is 70.5 Å². The number of benzene rings is 1. The molecule has 1 aliphatic carbocycles. The maximum absolute atomic E-state index is 13.5. The molecule has 3 rings (SSSR count). The molecule has 0 radical (unpaired) electrons. The maximum atomic E-state index is 13.5. The SMILES string of the molecule is CCCCCC=C[C@H]1CO[C@H]([C@H]2CC[C@H](c3ccc(F)c(F)c3)CC2)OC1. The van der Waals surface area contributed by atoms with Crippen LogP contribution in [0.3, 0.4) is 0 Å². The second kappa shape index (κ2) is 10.3. The fourth-order valence-corrected chi connectivity index (χ4v) is 4.21. The first-order valence-electron chi connectivity index (χ1n) is 10.5. The minimum atomic E-state index is -0.773. The Morgan fingerprint density at radius 2 is 1.74 bits per heavy atom. The van der Waals surface area contributed by atoms with Gasteiger partial charge in [0.2, 0.25) is 0 Å². The fourth-order valence-electron chi connectivity index (χ4n) is 4.21. The minimum Gasteiger partial charge on any atom is -0.352 e. The van der Waals surface area contributed by atoms with Crippen LogP contribution in [-0.4, -0.2) is 19.5 Å². The van der Waals surface area contributed by atoms with E-state index < -0.39 is 11.6 Å². The monoisotopic (exact) mass is 378 g/mol. The molecule has 2 fully saturated rings. The van der Waals surface area contributed by atoms with E-state index in [2.05, 4.69) is 19.1 Å². The maximum Gasteiger partial charge on any atom is 0.160 e. The summed E-state index contributed by atoms with van der Waals surface area (Å²) in [6.07, 6.45) is 13.3. The van der Waals surface area contributed by atoms with Crippen LogP contribution in [0.15, 0.2) is 30.4 Å². The van der Waals surface area contributed by atoms with E-state index in [1.807, 2.05) is 0 Å². The number of hydrogen-bond donors (Lipinski definition) is 0. The van der Waals surface area contributed by atoms with Crippen molar-refractivity contribution < 1.29 is 18.3 Å². The minimum absolute atomic E-state index is 0.111. The first-order chi connectivity index (χ1) is 13.2. The molecule has 0 amide bonds. The van der Waals surface area contributed by atoms with E-state index in [-0.39, 0.29) is 6.29 Å². The molecular formula is C23H32F2O2. The Morgan fingerprint density at radius 1 is 1.00 bits per heavy atom. The first-order valence-corrected chi connectivity index (χ1v) is 10.5. The topological polar surface area (TPSA) is 18.5 Å². The van der Waals surface area contributed by atoms with Gasteiger partial charge in [0.15, 0.2) is 17.9 Å². The summed E-state index contributed by atoms with van der Waals surface area (Å²) in [7, 11) is 0. The van der Waals surface area contributed by atoms with Gasteiger partial charge in [0.1, 0.15) is 0 Å². The molecule has 4 heteroatoms. The average molecular weight is 379 g/mol. The second-order valence-corrected chi connectivity index (χ2v) is 8.00. The van der Waals surface area contributed by atoms with Crippen LogP contribution < -0.4 is 0 Å². The zero-order chi connectivity index (χ0) is 19.1. The highest BCUT2D eigenvalue weighted by Crippen LogP contribution is 2.39. The van der Waals surface area contributed by atoms with Gasteiger partial charge < -0.3 is 9.47 Å². The molecule has 27 heavy (non-hydrogen) atoms. The van der Waals surface area contributed by atoms with Gasteiger partial charge >= 0.3 is 0 Å². The molecule has 0 spiro atoms. The van der Waals surface area contributed by atoms with Gasteiger partial charge in [-0.25, -0.2) is 8.78 Å². The van der Waals surface area contributed by atoms with Gasteiger partial charge in [-0.1, -0.05) is 38.0 Å². The highest BCUT2D eigenvalue weighted by atomic mass is 19.2. The molecule has 1 aromatic rings. The Morgan fingerprint density at radius 3 is 2.41 bits per heavy atom. The second-order valence-electron chi connectivity index (χ2n) is 8.00. The third kappa shape index (κ3) is 5.86. The Balaban J connectivity index is 1.40. The summed E-state index contributed by atoms with van der Waals surface area (Å²) in [5.41, 5.74) is 0.908. The predicted octanol–water partition coefficient (Wildman–Crippen LogP) is 6.36. The molecule has 0 bridgehead atoms. The van der Waals surface area contributed by atoms with Crippen molar-refractivity contribution in [2.75, 3.05) is 13.2 Å². The molecule has 2 aliphatic rings. The highest BCUT2D eigenvalue weighted by molar-refractivity contribution is 5.22. The van der Waals surface area contributed by atoms with Crippen molar-refractivity contribution >= 4 is 0 Å². The largest absolute Gasteiger partial charge is 0.352 e. The summed E-state index contributed by atoms with van der Waals surface area (Å²) >= 11 is 0. The van der Waals surface area contributed by atoms with Crippen molar-refractivity contribution in [1.82, 2.24) is 0 Å². The van der Waals surface area contributed by atoms with E-state index in [4.69, 9.17) is 9.47 Å². The average Bonchev–Trinajstić information content (AvgIpc) is 2.71. The molecule has 1 saturated carbocycles. The normalized spacial score (nSPS) is 29.3. The molecule has 150 valence electrons. The number of allylic oxidation sites excluding steroid dienone is 1. The zero-order valence-corrected chi connectivity index (χ0v) is 16.3. The van der Waals surface area contributed by atoms with Gasteiger partial charge in [-0.15, -0.1) is 0 Å². The zero-order valence-electron chi connectivity index (χ0n) is 16.3. The van der Waals surface area contributed by atoms with Crippen molar-refractivity contribution in [2.24, 2.45) is 11.8 Å². The van der Waals surface area contributed by atoms with Crippen LogP contribution in [0.1, 0.15) is 69.8 Å². The lowest BCUT2D eigenvalue weighted by molar-refractivity contribution is -0.222. The molecule has 0 aromatic heterocycles. The molecule has 0 atom stereocenters. The lowest BCUT2D eigenvalue weighted by Gasteiger charge is -2.37. The Bertz CT molecular complexity index is 600. The van der Waals surface area contributed by atoms with Crippen LogP contribution in [0.4, 0.5) is 8.78 Å². The van der Waals surface area contributed by atoms with Crippen molar-refractivity contribution in [3.05, 3.63) is 47.5 Å². The molecule has 1 saturated heterocycles. The van der Waals surface area contributed by atoms with E-state index in [9.17, 15) is 8.78 Å². The Labute approximate surface area is 161 Å². The molecule has 0 unspecified atom stereocenters. The number of unbranched alkanes of at least 4 members (excludes halogenated alkanes) is 3. The van der Waals surface area contributed by atoms with E-state index >= 15 is 0 Å². The smallest absolute Gasteiger partial charge is 0.160 e. The number of ether oxygens (including phenoxy) is 2. The third-order valence-corrected chi connectivity index (χ3v) is 5.90. The van der Waals surface area contributed by atoms with Gasteiger partial charge in [0.05, 0.1) is 13.2 Å². The quantitative estimate of drug-likeness (QED) is 0.406. The molecule has 2 nitrogen and oxygen atoms in total. The van der Waals surface area contributed by atoms with E-state index in [0.717, 1.165) is 50.9 Å². The van der Waals surface area contributed by atoms with Gasteiger partial charge in [0, 0.05) is 11.8 Å². The van der Waals surface area contributed by atoms with Gasteiger partial charge in [-0.2, -0.15) is 0 Å². The lowest BCUT2D eigenvalue weighted by Crippen LogP contribution is -2.37. The fraction of sp³-hybridized carbons (Fsp3) is 0.652. The summed E-state index contributed by atoms with van der Waals surface area (Å²) in [6.45, 7) is 3.69. The third-order valence-electron chi connectivity index (χ3n) is 5.90. The van der Waals surface area contributed by atoms with Crippen molar-refractivity contribution in [3.63, 3.8) is 0 Å². The van der Waals surface area contributed by atoms with Crippen LogP contribution in [0.25, 0.3) is 0 Å². The van der Waals surface area contributed by atoms with Crippen LogP contribution >= 0.6 is 0 Å².